The van der Waals surface area contributed by atoms with E-state index in [2.05, 4.69) is 15.0 Å². The van der Waals surface area contributed by atoms with Crippen LogP contribution >= 0.6 is 22.9 Å². The molecular formula is C15H14ClF6N5O3S2. The number of aromatic nitrogens is 3. The smallest absolute Gasteiger partial charge is 0.369 e. The summed E-state index contributed by atoms with van der Waals surface area (Å²) in [6.07, 6.45) is -10.5. The molecule has 32 heavy (non-hydrogen) atoms. The predicted molar refractivity (Wildman–Crippen MR) is 101 cm³/mol. The molecule has 1 atom stereocenters. The Hall–Kier alpha value is -1.75. The van der Waals surface area contributed by atoms with Crippen molar-refractivity contribution in [3.63, 3.8) is 0 Å². The molecule has 0 spiro atoms. The molecule has 17 heteroatoms. The van der Waals surface area contributed by atoms with Crippen molar-refractivity contribution >= 4 is 38.9 Å². The Balaban J connectivity index is 1.81. The Morgan fingerprint density at radius 1 is 1.06 bits per heavy atom. The normalized spacial score (nSPS) is 19.4. The Morgan fingerprint density at radius 2 is 1.62 bits per heavy atom. The summed E-state index contributed by atoms with van der Waals surface area (Å²) in [5, 5.41) is 9.41. The first-order chi connectivity index (χ1) is 14.6. The van der Waals surface area contributed by atoms with Crippen LogP contribution in [0.15, 0.2) is 22.8 Å². The van der Waals surface area contributed by atoms with Gasteiger partial charge in [-0.1, -0.05) is 22.9 Å². The molecule has 0 radical (unpaired) electrons. The number of hydrogen-bond acceptors (Lipinski definition) is 8. The molecule has 0 aliphatic carbocycles. The SMILES string of the molecule is C[C@H]1CN(S(=O)(=O)c2cnc(Cl)s2)CCN1c1ncc(C(O)(C(F)(F)F)C(F)(F)F)cn1. The fourth-order valence-electron chi connectivity index (χ4n) is 3.07. The van der Waals surface area contributed by atoms with Gasteiger partial charge in [-0.3, -0.25) is 0 Å². The van der Waals surface area contributed by atoms with Crippen molar-refractivity contribution < 1.29 is 39.9 Å². The quantitative estimate of drug-likeness (QED) is 0.613. The third kappa shape index (κ3) is 4.25. The van der Waals surface area contributed by atoms with Crippen molar-refractivity contribution in [3.8, 4) is 0 Å². The van der Waals surface area contributed by atoms with Crippen LogP contribution in [-0.4, -0.2) is 70.8 Å². The third-order valence-electron chi connectivity index (χ3n) is 4.77. The van der Waals surface area contributed by atoms with Gasteiger partial charge in [0.05, 0.1) is 6.20 Å². The monoisotopic (exact) mass is 525 g/mol. The molecule has 1 aliphatic rings. The van der Waals surface area contributed by atoms with Crippen molar-refractivity contribution in [2.75, 3.05) is 24.5 Å². The lowest BCUT2D eigenvalue weighted by atomic mass is 9.95. The third-order valence-corrected chi connectivity index (χ3v) is 8.19. The van der Waals surface area contributed by atoms with E-state index in [1.807, 2.05) is 0 Å². The van der Waals surface area contributed by atoms with Crippen molar-refractivity contribution in [2.45, 2.75) is 35.1 Å². The lowest BCUT2D eigenvalue weighted by Crippen LogP contribution is -2.55. The molecule has 3 rings (SSSR count). The summed E-state index contributed by atoms with van der Waals surface area (Å²) in [7, 11) is -3.88. The Labute approximate surface area is 186 Å². The van der Waals surface area contributed by atoms with Gasteiger partial charge in [0.1, 0.15) is 0 Å². The van der Waals surface area contributed by atoms with Crippen molar-refractivity contribution in [2.24, 2.45) is 0 Å². The number of piperazine rings is 1. The first kappa shape index (κ1) is 24.9. The highest BCUT2D eigenvalue weighted by molar-refractivity contribution is 7.91. The molecule has 1 saturated heterocycles. The summed E-state index contributed by atoms with van der Waals surface area (Å²) in [4.78, 5) is 12.2. The summed E-state index contributed by atoms with van der Waals surface area (Å²) >= 11 is 6.45. The van der Waals surface area contributed by atoms with Crippen LogP contribution in [-0.2, 0) is 15.6 Å². The minimum Gasteiger partial charge on any atom is -0.369 e. The van der Waals surface area contributed by atoms with Crippen LogP contribution in [0.2, 0.25) is 4.47 Å². The van der Waals surface area contributed by atoms with E-state index in [1.54, 1.807) is 6.92 Å². The van der Waals surface area contributed by atoms with E-state index in [1.165, 1.54) is 4.90 Å². The second kappa shape index (κ2) is 8.23. The van der Waals surface area contributed by atoms with E-state index in [-0.39, 0.29) is 46.7 Å². The first-order valence-electron chi connectivity index (χ1n) is 8.65. The van der Waals surface area contributed by atoms with Gasteiger partial charge in [-0.15, -0.1) is 0 Å². The lowest BCUT2D eigenvalue weighted by molar-refractivity contribution is -0.376. The number of aliphatic hydroxyl groups is 1. The molecular weight excluding hydrogens is 512 g/mol. The molecule has 1 aliphatic heterocycles. The van der Waals surface area contributed by atoms with E-state index in [0.29, 0.717) is 0 Å². The minimum atomic E-state index is -6.05. The highest BCUT2D eigenvalue weighted by atomic mass is 35.5. The molecule has 0 bridgehead atoms. The first-order valence-corrected chi connectivity index (χ1v) is 11.3. The summed E-state index contributed by atoms with van der Waals surface area (Å²) < 4.78 is 104. The van der Waals surface area contributed by atoms with Gasteiger partial charge in [0, 0.05) is 43.6 Å². The van der Waals surface area contributed by atoms with Gasteiger partial charge in [0.25, 0.3) is 15.6 Å². The number of sulfonamides is 1. The molecule has 8 nitrogen and oxygen atoms in total. The minimum absolute atomic E-state index is 0.00902. The largest absolute Gasteiger partial charge is 0.430 e. The highest BCUT2D eigenvalue weighted by Crippen LogP contribution is 2.49. The number of hydrogen-bond donors (Lipinski definition) is 1. The maximum atomic E-state index is 13.0. The molecule has 1 fully saturated rings. The molecule has 0 amide bonds. The second-order valence-corrected chi connectivity index (χ2v) is 10.6. The molecule has 0 aromatic carbocycles. The van der Waals surface area contributed by atoms with Gasteiger partial charge >= 0.3 is 12.4 Å². The summed E-state index contributed by atoms with van der Waals surface area (Å²) in [6.45, 7) is 1.48. The molecule has 3 heterocycles. The van der Waals surface area contributed by atoms with Gasteiger partial charge in [-0.2, -0.15) is 30.6 Å². The van der Waals surface area contributed by atoms with Crippen molar-refractivity contribution in [3.05, 3.63) is 28.6 Å². The van der Waals surface area contributed by atoms with Crippen LogP contribution in [0.5, 0.6) is 0 Å². The number of alkyl halides is 6. The number of thiazole rings is 1. The Kier molecular flexibility index (Phi) is 6.40. The molecule has 2 aromatic heterocycles. The van der Waals surface area contributed by atoms with Gasteiger partial charge in [0.2, 0.25) is 5.95 Å². The molecule has 0 unspecified atom stereocenters. The van der Waals surface area contributed by atoms with E-state index in [9.17, 15) is 39.9 Å². The van der Waals surface area contributed by atoms with Crippen LogP contribution in [0, 0.1) is 0 Å². The summed E-state index contributed by atoms with van der Waals surface area (Å²) in [6, 6.07) is -0.572. The number of anilines is 1. The topological polar surface area (TPSA) is 99.5 Å². The van der Waals surface area contributed by atoms with Gasteiger partial charge in [-0.05, 0) is 6.92 Å². The van der Waals surface area contributed by atoms with Crippen LogP contribution < -0.4 is 4.90 Å². The average molecular weight is 526 g/mol. The van der Waals surface area contributed by atoms with E-state index in [4.69, 9.17) is 11.6 Å². The van der Waals surface area contributed by atoms with Crippen LogP contribution in [0.25, 0.3) is 0 Å². The number of rotatable bonds is 4. The van der Waals surface area contributed by atoms with Crippen LogP contribution in [0.1, 0.15) is 12.5 Å². The van der Waals surface area contributed by atoms with Gasteiger partial charge in [0.15, 0.2) is 8.68 Å². The van der Waals surface area contributed by atoms with E-state index < -0.39 is 39.6 Å². The molecule has 2 aromatic rings. The zero-order valence-electron chi connectivity index (χ0n) is 15.9. The maximum Gasteiger partial charge on any atom is 0.430 e. The maximum absolute atomic E-state index is 13.0. The standard InChI is InChI=1S/C15H14ClF6N5O3S2/c1-8-7-26(32(29,30)10-6-23-11(16)31-10)2-3-27(8)12-24-4-9(5-25-12)13(28,14(17,18)19)15(20,21)22/h4-6,8,28H,2-3,7H2,1H3/t8-/m0/s1. The molecule has 1 N–H and O–H groups in total. The second-order valence-electron chi connectivity index (χ2n) is 6.82. The predicted octanol–water partition coefficient (Wildman–Crippen LogP) is 2.80. The van der Waals surface area contributed by atoms with Gasteiger partial charge < -0.3 is 10.0 Å². The molecule has 0 saturated carbocycles. The fourth-order valence-corrected chi connectivity index (χ4v) is 6.03. The van der Waals surface area contributed by atoms with E-state index in [0.717, 1.165) is 21.8 Å². The number of nitrogens with zero attached hydrogens (tertiary/aromatic N) is 5. The zero-order chi connectivity index (χ0) is 24.1. The Bertz CT molecular complexity index is 1060. The fraction of sp³-hybridized carbons (Fsp3) is 0.533. The zero-order valence-corrected chi connectivity index (χ0v) is 18.3. The van der Waals surface area contributed by atoms with Crippen LogP contribution in [0.4, 0.5) is 32.3 Å². The molecule has 178 valence electrons. The lowest BCUT2D eigenvalue weighted by Gasteiger charge is -2.39. The summed E-state index contributed by atoms with van der Waals surface area (Å²) in [5.74, 6) is -0.217. The van der Waals surface area contributed by atoms with Crippen molar-refractivity contribution in [1.29, 1.82) is 0 Å². The van der Waals surface area contributed by atoms with Crippen molar-refractivity contribution in [1.82, 2.24) is 19.3 Å². The highest BCUT2D eigenvalue weighted by Gasteiger charge is 2.71. The summed E-state index contributed by atoms with van der Waals surface area (Å²) in [5.41, 5.74) is -6.72. The number of halogens is 7. The van der Waals surface area contributed by atoms with Gasteiger partial charge in [-0.25, -0.2) is 23.4 Å². The average Bonchev–Trinajstić information content (AvgIpc) is 3.13. The van der Waals surface area contributed by atoms with Crippen LogP contribution in [0.3, 0.4) is 0 Å². The van der Waals surface area contributed by atoms with E-state index >= 15 is 0 Å². The Morgan fingerprint density at radius 3 is 2.06 bits per heavy atom.